The molecular weight excluding hydrogens is 248 g/mol. The van der Waals surface area contributed by atoms with Gasteiger partial charge in [-0.3, -0.25) is 9.59 Å². The molecule has 0 rings (SSSR count). The summed E-state index contributed by atoms with van der Waals surface area (Å²) in [6.45, 7) is 8.59. The van der Waals surface area contributed by atoms with E-state index >= 15 is 0 Å². The average molecular weight is 272 g/mol. The molecule has 2 atom stereocenters. The fraction of sp³-hybridized carbons (Fsp3) is 0.769. The zero-order valence-corrected chi connectivity index (χ0v) is 12.2. The maximum Gasteiger partial charge on any atom is 0.326 e. The van der Waals surface area contributed by atoms with Crippen molar-refractivity contribution >= 4 is 17.8 Å². The smallest absolute Gasteiger partial charge is 0.326 e. The summed E-state index contributed by atoms with van der Waals surface area (Å²) in [6, 6.07) is -1.67. The second-order valence-corrected chi connectivity index (χ2v) is 5.63. The van der Waals surface area contributed by atoms with Gasteiger partial charge in [0, 0.05) is 5.41 Å². The standard InChI is InChI=1S/C13H24N2O4/c1-6-7-9(11(17)18)15-10(16)8(2)14-12(19)13(3,4)5/h8-9H,6-7H2,1-5H3,(H,14,19)(H,15,16)(H,17,18). The highest BCUT2D eigenvalue weighted by Gasteiger charge is 2.27. The molecular formula is C13H24N2O4. The van der Waals surface area contributed by atoms with Crippen LogP contribution < -0.4 is 10.6 Å². The van der Waals surface area contributed by atoms with Gasteiger partial charge in [-0.25, -0.2) is 4.79 Å². The van der Waals surface area contributed by atoms with E-state index < -0.39 is 29.4 Å². The second kappa shape index (κ2) is 7.11. The first-order valence-corrected chi connectivity index (χ1v) is 6.43. The van der Waals surface area contributed by atoms with Crippen LogP contribution in [0.15, 0.2) is 0 Å². The van der Waals surface area contributed by atoms with E-state index in [9.17, 15) is 14.4 Å². The van der Waals surface area contributed by atoms with Crippen LogP contribution in [0.1, 0.15) is 47.5 Å². The summed E-state index contributed by atoms with van der Waals surface area (Å²) in [4.78, 5) is 34.5. The second-order valence-electron chi connectivity index (χ2n) is 5.63. The zero-order chi connectivity index (χ0) is 15.2. The van der Waals surface area contributed by atoms with Crippen LogP contribution in [0, 0.1) is 5.41 Å². The number of carboxylic acid groups (broad SMARTS) is 1. The van der Waals surface area contributed by atoms with E-state index in [-0.39, 0.29) is 5.91 Å². The van der Waals surface area contributed by atoms with Crippen molar-refractivity contribution in [2.24, 2.45) is 5.41 Å². The monoisotopic (exact) mass is 272 g/mol. The van der Waals surface area contributed by atoms with Crippen LogP contribution in [0.3, 0.4) is 0 Å². The molecule has 0 fully saturated rings. The maximum atomic E-state index is 11.8. The lowest BCUT2D eigenvalue weighted by molar-refractivity contribution is -0.142. The summed E-state index contributed by atoms with van der Waals surface area (Å²) < 4.78 is 0. The fourth-order valence-electron chi connectivity index (χ4n) is 1.32. The van der Waals surface area contributed by atoms with E-state index in [4.69, 9.17) is 5.11 Å². The molecule has 0 saturated carbocycles. The molecule has 6 nitrogen and oxygen atoms in total. The normalized spacial score (nSPS) is 14.4. The SMILES string of the molecule is CCCC(NC(=O)C(C)NC(=O)C(C)(C)C)C(=O)O. The van der Waals surface area contributed by atoms with Gasteiger partial charge in [0.2, 0.25) is 11.8 Å². The lowest BCUT2D eigenvalue weighted by Gasteiger charge is -2.22. The predicted octanol–water partition coefficient (Wildman–Crippen LogP) is 0.907. The molecule has 0 aliphatic rings. The number of carbonyl (C=O) groups is 3. The summed E-state index contributed by atoms with van der Waals surface area (Å²) >= 11 is 0. The maximum absolute atomic E-state index is 11.8. The first-order valence-electron chi connectivity index (χ1n) is 6.43. The van der Waals surface area contributed by atoms with Crippen molar-refractivity contribution < 1.29 is 19.5 Å². The lowest BCUT2D eigenvalue weighted by atomic mass is 9.95. The third kappa shape index (κ3) is 6.22. The van der Waals surface area contributed by atoms with Crippen molar-refractivity contribution in [3.05, 3.63) is 0 Å². The van der Waals surface area contributed by atoms with Crippen LogP contribution in [0.4, 0.5) is 0 Å². The van der Waals surface area contributed by atoms with Gasteiger partial charge < -0.3 is 15.7 Å². The number of carboxylic acids is 1. The van der Waals surface area contributed by atoms with Crippen molar-refractivity contribution in [1.29, 1.82) is 0 Å². The lowest BCUT2D eigenvalue weighted by Crippen LogP contribution is -2.52. The van der Waals surface area contributed by atoms with Gasteiger partial charge in [0.25, 0.3) is 0 Å². The van der Waals surface area contributed by atoms with Crippen LogP contribution in [0.2, 0.25) is 0 Å². The summed E-state index contributed by atoms with van der Waals surface area (Å²) in [7, 11) is 0. The van der Waals surface area contributed by atoms with Crippen molar-refractivity contribution in [2.45, 2.75) is 59.5 Å². The topological polar surface area (TPSA) is 95.5 Å². The molecule has 0 aromatic carbocycles. The molecule has 2 amide bonds. The Labute approximate surface area is 113 Å². The summed E-state index contributed by atoms with van der Waals surface area (Å²) in [5.41, 5.74) is -0.593. The molecule has 0 aliphatic carbocycles. The van der Waals surface area contributed by atoms with Gasteiger partial charge in [-0.2, -0.15) is 0 Å². The number of carbonyl (C=O) groups excluding carboxylic acids is 2. The zero-order valence-electron chi connectivity index (χ0n) is 12.2. The molecule has 6 heteroatoms. The van der Waals surface area contributed by atoms with E-state index in [1.165, 1.54) is 6.92 Å². The molecule has 0 radical (unpaired) electrons. The molecule has 110 valence electrons. The fourth-order valence-corrected chi connectivity index (χ4v) is 1.32. The van der Waals surface area contributed by atoms with Crippen molar-refractivity contribution in [3.8, 4) is 0 Å². The first kappa shape index (κ1) is 17.4. The number of hydrogen-bond acceptors (Lipinski definition) is 3. The van der Waals surface area contributed by atoms with Gasteiger partial charge in [-0.15, -0.1) is 0 Å². The summed E-state index contributed by atoms with van der Waals surface area (Å²) in [5.74, 6) is -1.81. The van der Waals surface area contributed by atoms with Gasteiger partial charge in [-0.05, 0) is 13.3 Å². The van der Waals surface area contributed by atoms with Crippen LogP contribution in [0.5, 0.6) is 0 Å². The summed E-state index contributed by atoms with van der Waals surface area (Å²) in [6.07, 6.45) is 1.01. The molecule has 0 heterocycles. The minimum Gasteiger partial charge on any atom is -0.480 e. The van der Waals surface area contributed by atoms with E-state index in [0.29, 0.717) is 12.8 Å². The Bertz CT molecular complexity index is 347. The Morgan fingerprint density at radius 3 is 2.05 bits per heavy atom. The molecule has 0 bridgehead atoms. The van der Waals surface area contributed by atoms with Crippen molar-refractivity contribution in [2.75, 3.05) is 0 Å². The number of amides is 2. The Hall–Kier alpha value is -1.59. The van der Waals surface area contributed by atoms with E-state index in [0.717, 1.165) is 0 Å². The van der Waals surface area contributed by atoms with E-state index in [2.05, 4.69) is 10.6 Å². The third-order valence-electron chi connectivity index (χ3n) is 2.61. The van der Waals surface area contributed by atoms with Gasteiger partial charge in [-0.1, -0.05) is 34.1 Å². The van der Waals surface area contributed by atoms with E-state index in [1.807, 2.05) is 6.92 Å². The molecule has 0 aromatic rings. The number of aliphatic carboxylic acids is 1. The molecule has 0 aromatic heterocycles. The molecule has 2 unspecified atom stereocenters. The van der Waals surface area contributed by atoms with Crippen LogP contribution >= 0.6 is 0 Å². The molecule has 0 aliphatic heterocycles. The van der Waals surface area contributed by atoms with Crippen molar-refractivity contribution in [3.63, 3.8) is 0 Å². The van der Waals surface area contributed by atoms with Gasteiger partial charge in [0.05, 0.1) is 0 Å². The van der Waals surface area contributed by atoms with Crippen molar-refractivity contribution in [1.82, 2.24) is 10.6 Å². The molecule has 0 spiro atoms. The summed E-state index contributed by atoms with van der Waals surface area (Å²) in [5, 5.41) is 13.9. The Morgan fingerprint density at radius 1 is 1.16 bits per heavy atom. The average Bonchev–Trinajstić information content (AvgIpc) is 2.26. The number of hydrogen-bond donors (Lipinski definition) is 3. The molecule has 0 saturated heterocycles. The minimum absolute atomic E-state index is 0.252. The van der Waals surface area contributed by atoms with Gasteiger partial charge in [0.1, 0.15) is 12.1 Å². The van der Waals surface area contributed by atoms with Crippen LogP contribution in [-0.2, 0) is 14.4 Å². The first-order chi connectivity index (χ1) is 8.59. The predicted molar refractivity (Wildman–Crippen MR) is 71.5 cm³/mol. The minimum atomic E-state index is -1.07. The number of nitrogens with one attached hydrogen (secondary N) is 2. The highest BCUT2D eigenvalue weighted by Crippen LogP contribution is 2.12. The highest BCUT2D eigenvalue weighted by molar-refractivity contribution is 5.91. The quantitative estimate of drug-likeness (QED) is 0.669. The van der Waals surface area contributed by atoms with Gasteiger partial charge in [0.15, 0.2) is 0 Å². The number of rotatable bonds is 6. The molecule has 19 heavy (non-hydrogen) atoms. The van der Waals surface area contributed by atoms with Crippen LogP contribution in [0.25, 0.3) is 0 Å². The third-order valence-corrected chi connectivity index (χ3v) is 2.61. The van der Waals surface area contributed by atoms with Gasteiger partial charge >= 0.3 is 5.97 Å². The molecule has 3 N–H and O–H groups in total. The Balaban J connectivity index is 4.49. The van der Waals surface area contributed by atoms with E-state index in [1.54, 1.807) is 20.8 Å². The highest BCUT2D eigenvalue weighted by atomic mass is 16.4. The van der Waals surface area contributed by atoms with Crippen LogP contribution in [-0.4, -0.2) is 35.0 Å². The Kier molecular flexibility index (Phi) is 6.52. The Morgan fingerprint density at radius 2 is 1.68 bits per heavy atom. The largest absolute Gasteiger partial charge is 0.480 e.